The van der Waals surface area contributed by atoms with Crippen molar-refractivity contribution in [3.05, 3.63) is 35.9 Å². The van der Waals surface area contributed by atoms with Gasteiger partial charge in [0.15, 0.2) is 0 Å². The molecule has 0 saturated carbocycles. The Balaban J connectivity index is 1.86. The fraction of sp³-hybridized carbons (Fsp3) is 0.632. The Labute approximate surface area is 145 Å². The van der Waals surface area contributed by atoms with Crippen LogP contribution in [0.4, 0.5) is 0 Å². The van der Waals surface area contributed by atoms with E-state index in [1.807, 2.05) is 56.0 Å². The predicted octanol–water partition coefficient (Wildman–Crippen LogP) is 1.51. The van der Waals surface area contributed by atoms with Crippen LogP contribution in [0.3, 0.4) is 0 Å². The molecule has 1 aromatic carbocycles. The van der Waals surface area contributed by atoms with Gasteiger partial charge in [-0.2, -0.15) is 0 Å². The molecule has 1 aliphatic rings. The summed E-state index contributed by atoms with van der Waals surface area (Å²) in [4.78, 5) is 17.1. The van der Waals surface area contributed by atoms with E-state index in [9.17, 15) is 9.90 Å². The monoisotopic (exact) mass is 334 g/mol. The summed E-state index contributed by atoms with van der Waals surface area (Å²) in [6, 6.07) is 9.94. The molecule has 0 aromatic heterocycles. The van der Waals surface area contributed by atoms with E-state index < -0.39 is 11.5 Å². The van der Waals surface area contributed by atoms with Gasteiger partial charge in [-0.15, -0.1) is 0 Å². The van der Waals surface area contributed by atoms with Gasteiger partial charge >= 0.3 is 0 Å². The molecule has 2 rings (SSSR count). The highest BCUT2D eigenvalue weighted by atomic mass is 16.5. The summed E-state index contributed by atoms with van der Waals surface area (Å²) in [5, 5.41) is 9.94. The van der Waals surface area contributed by atoms with Crippen LogP contribution in [-0.4, -0.2) is 72.9 Å². The van der Waals surface area contributed by atoms with E-state index in [0.29, 0.717) is 32.8 Å². The van der Waals surface area contributed by atoms with Crippen molar-refractivity contribution < 1.29 is 14.6 Å². The van der Waals surface area contributed by atoms with Gasteiger partial charge in [0.25, 0.3) is 0 Å². The van der Waals surface area contributed by atoms with Crippen LogP contribution in [0.15, 0.2) is 30.3 Å². The van der Waals surface area contributed by atoms with Crippen molar-refractivity contribution in [2.24, 2.45) is 0 Å². The Morgan fingerprint density at radius 3 is 2.42 bits per heavy atom. The second-order valence-electron chi connectivity index (χ2n) is 6.90. The third kappa shape index (κ3) is 4.79. The van der Waals surface area contributed by atoms with Gasteiger partial charge in [0, 0.05) is 39.3 Å². The predicted molar refractivity (Wildman–Crippen MR) is 95.0 cm³/mol. The lowest BCUT2D eigenvalue weighted by Crippen LogP contribution is -2.54. The first kappa shape index (κ1) is 18.9. The van der Waals surface area contributed by atoms with Crippen LogP contribution in [0.1, 0.15) is 26.3 Å². The largest absolute Gasteiger partial charge is 0.389 e. The molecular weight excluding hydrogens is 304 g/mol. The normalized spacial score (nSPS) is 17.8. The van der Waals surface area contributed by atoms with E-state index in [-0.39, 0.29) is 5.91 Å². The smallest absolute Gasteiger partial charge is 0.232 e. The second kappa shape index (κ2) is 8.60. The van der Waals surface area contributed by atoms with Crippen molar-refractivity contribution in [2.45, 2.75) is 32.3 Å². The van der Waals surface area contributed by atoms with Gasteiger partial charge in [0.05, 0.1) is 18.1 Å². The van der Waals surface area contributed by atoms with Crippen molar-refractivity contribution in [2.75, 3.05) is 45.9 Å². The third-order valence-corrected chi connectivity index (χ3v) is 4.67. The molecule has 5 nitrogen and oxygen atoms in total. The summed E-state index contributed by atoms with van der Waals surface area (Å²) in [5.74, 6) is 0.170. The van der Waals surface area contributed by atoms with Gasteiger partial charge in [-0.25, -0.2) is 0 Å². The Hall–Kier alpha value is -1.43. The highest BCUT2D eigenvalue weighted by Gasteiger charge is 2.35. The van der Waals surface area contributed by atoms with Crippen LogP contribution in [0.25, 0.3) is 0 Å². The molecule has 1 atom stereocenters. The molecule has 1 amide bonds. The standard InChI is InChI=1S/C19H30N2O3/c1-4-24-15-17(22)14-20-10-12-21(13-11-20)18(23)19(2,3)16-8-6-5-7-9-16/h5-9,17,22H,4,10-15H2,1-3H3/t17-/m1/s1. The average molecular weight is 334 g/mol. The zero-order chi connectivity index (χ0) is 17.6. The first-order valence-electron chi connectivity index (χ1n) is 8.78. The Morgan fingerprint density at radius 1 is 1.21 bits per heavy atom. The van der Waals surface area contributed by atoms with Crippen molar-refractivity contribution in [3.8, 4) is 0 Å². The number of carbonyl (C=O) groups excluding carboxylic acids is 1. The van der Waals surface area contributed by atoms with E-state index in [4.69, 9.17) is 4.74 Å². The molecule has 0 aliphatic carbocycles. The molecule has 0 bridgehead atoms. The number of rotatable bonds is 7. The Bertz CT molecular complexity index is 511. The highest BCUT2D eigenvalue weighted by molar-refractivity contribution is 5.87. The average Bonchev–Trinajstić information content (AvgIpc) is 2.60. The molecule has 24 heavy (non-hydrogen) atoms. The number of aliphatic hydroxyl groups excluding tert-OH is 1. The molecule has 1 fully saturated rings. The fourth-order valence-electron chi connectivity index (χ4n) is 3.11. The zero-order valence-electron chi connectivity index (χ0n) is 15.1. The molecular formula is C19H30N2O3. The van der Waals surface area contributed by atoms with Gasteiger partial charge in [-0.3, -0.25) is 9.69 Å². The SMILES string of the molecule is CCOC[C@H](O)CN1CCN(C(=O)C(C)(C)c2ccccc2)CC1. The molecule has 1 aliphatic heterocycles. The van der Waals surface area contributed by atoms with Gasteiger partial charge < -0.3 is 14.7 Å². The number of piperazine rings is 1. The van der Waals surface area contributed by atoms with Crippen molar-refractivity contribution in [3.63, 3.8) is 0 Å². The third-order valence-electron chi connectivity index (χ3n) is 4.67. The lowest BCUT2D eigenvalue weighted by molar-refractivity contribution is -0.138. The highest BCUT2D eigenvalue weighted by Crippen LogP contribution is 2.26. The van der Waals surface area contributed by atoms with Crippen LogP contribution in [0, 0.1) is 0 Å². The molecule has 5 heteroatoms. The lowest BCUT2D eigenvalue weighted by atomic mass is 9.83. The van der Waals surface area contributed by atoms with Gasteiger partial charge in [-0.05, 0) is 26.3 Å². The van der Waals surface area contributed by atoms with Crippen LogP contribution < -0.4 is 0 Å². The van der Waals surface area contributed by atoms with Crippen LogP contribution in [0.5, 0.6) is 0 Å². The molecule has 134 valence electrons. The van der Waals surface area contributed by atoms with Crippen LogP contribution in [0.2, 0.25) is 0 Å². The van der Waals surface area contributed by atoms with Crippen molar-refractivity contribution >= 4 is 5.91 Å². The first-order chi connectivity index (χ1) is 11.4. The summed E-state index contributed by atoms with van der Waals surface area (Å²) in [6.45, 7) is 10.5. The van der Waals surface area contributed by atoms with Crippen molar-refractivity contribution in [1.82, 2.24) is 9.80 Å². The number of ether oxygens (including phenoxy) is 1. The maximum Gasteiger partial charge on any atom is 0.232 e. The van der Waals surface area contributed by atoms with Crippen molar-refractivity contribution in [1.29, 1.82) is 0 Å². The summed E-state index contributed by atoms with van der Waals surface area (Å²) in [7, 11) is 0. The maximum absolute atomic E-state index is 12.9. The Kier molecular flexibility index (Phi) is 6.78. The maximum atomic E-state index is 12.9. The molecule has 0 radical (unpaired) electrons. The van der Waals surface area contributed by atoms with E-state index in [1.165, 1.54) is 0 Å². The molecule has 0 unspecified atom stereocenters. The lowest BCUT2D eigenvalue weighted by Gasteiger charge is -2.39. The van der Waals surface area contributed by atoms with E-state index in [0.717, 1.165) is 18.7 Å². The number of aliphatic hydroxyl groups is 1. The minimum absolute atomic E-state index is 0.170. The van der Waals surface area contributed by atoms with E-state index in [2.05, 4.69) is 4.90 Å². The summed E-state index contributed by atoms with van der Waals surface area (Å²) < 4.78 is 5.25. The fourth-order valence-corrected chi connectivity index (χ4v) is 3.11. The summed E-state index contributed by atoms with van der Waals surface area (Å²) in [6.07, 6.45) is -0.465. The number of nitrogens with zero attached hydrogens (tertiary/aromatic N) is 2. The number of carbonyl (C=O) groups is 1. The number of benzene rings is 1. The van der Waals surface area contributed by atoms with Crippen LogP contribution in [-0.2, 0) is 14.9 Å². The first-order valence-corrected chi connectivity index (χ1v) is 8.78. The topological polar surface area (TPSA) is 53.0 Å². The summed E-state index contributed by atoms with van der Waals surface area (Å²) in [5.41, 5.74) is 0.530. The number of hydrogen-bond donors (Lipinski definition) is 1. The molecule has 1 heterocycles. The molecule has 1 saturated heterocycles. The Morgan fingerprint density at radius 2 is 1.83 bits per heavy atom. The van der Waals surface area contributed by atoms with E-state index >= 15 is 0 Å². The van der Waals surface area contributed by atoms with Gasteiger partial charge in [0.2, 0.25) is 5.91 Å². The van der Waals surface area contributed by atoms with E-state index in [1.54, 1.807) is 0 Å². The molecule has 0 spiro atoms. The number of hydrogen-bond acceptors (Lipinski definition) is 4. The summed E-state index contributed by atoms with van der Waals surface area (Å²) >= 11 is 0. The number of amides is 1. The minimum Gasteiger partial charge on any atom is -0.389 e. The van der Waals surface area contributed by atoms with Gasteiger partial charge in [0.1, 0.15) is 0 Å². The zero-order valence-corrected chi connectivity index (χ0v) is 15.1. The number of β-amino-alcohol motifs (C(OH)–C–C–N with tert-alkyl or cyclic N) is 1. The quantitative estimate of drug-likeness (QED) is 0.821. The van der Waals surface area contributed by atoms with Crippen LogP contribution >= 0.6 is 0 Å². The molecule has 1 aromatic rings. The minimum atomic E-state index is -0.516. The molecule has 1 N–H and O–H groups in total. The van der Waals surface area contributed by atoms with Gasteiger partial charge in [-0.1, -0.05) is 30.3 Å². The second-order valence-corrected chi connectivity index (χ2v) is 6.90.